The van der Waals surface area contributed by atoms with E-state index in [1.54, 1.807) is 25.3 Å². The number of halogens is 2. The second-order valence-corrected chi connectivity index (χ2v) is 7.52. The lowest BCUT2D eigenvalue weighted by atomic mass is 9.89. The van der Waals surface area contributed by atoms with Crippen LogP contribution in [0.15, 0.2) is 39.9 Å². The lowest BCUT2D eigenvalue weighted by molar-refractivity contribution is 0.0986. The molecule has 0 fully saturated rings. The van der Waals surface area contributed by atoms with E-state index in [-0.39, 0.29) is 25.4 Å². The molecule has 0 saturated heterocycles. The average Bonchev–Trinajstić information content (AvgIpc) is 2.56. The maximum atomic E-state index is 14.4. The molecule has 0 spiro atoms. The van der Waals surface area contributed by atoms with E-state index in [0.717, 1.165) is 10.0 Å². The first-order valence-corrected chi connectivity index (χ1v) is 8.94. The maximum Gasteiger partial charge on any atom is 0.185 e. The second-order valence-electron chi connectivity index (χ2n) is 6.60. The number of aromatic nitrogens is 1. The van der Waals surface area contributed by atoms with Gasteiger partial charge in [0.15, 0.2) is 5.78 Å². The highest BCUT2D eigenvalue weighted by molar-refractivity contribution is 9.10. The van der Waals surface area contributed by atoms with E-state index in [9.17, 15) is 9.18 Å². The van der Waals surface area contributed by atoms with Gasteiger partial charge < -0.3 is 10.5 Å². The highest BCUT2D eigenvalue weighted by atomic mass is 79.9. The van der Waals surface area contributed by atoms with Crippen molar-refractivity contribution in [3.05, 3.63) is 63.1 Å². The van der Waals surface area contributed by atoms with Crippen molar-refractivity contribution in [2.45, 2.75) is 25.8 Å². The van der Waals surface area contributed by atoms with Crippen LogP contribution in [0.3, 0.4) is 0 Å². The number of nitrogens with two attached hydrogens (primary N) is 1. The van der Waals surface area contributed by atoms with Crippen LogP contribution < -0.4 is 5.73 Å². The first kappa shape index (κ1) is 18.7. The molecule has 0 radical (unpaired) electrons. The van der Waals surface area contributed by atoms with E-state index >= 15 is 0 Å². The fourth-order valence-electron chi connectivity index (χ4n) is 3.07. The Kier molecular flexibility index (Phi) is 5.20. The number of ketones is 1. The summed E-state index contributed by atoms with van der Waals surface area (Å²) in [5.74, 6) is -0.196. The summed E-state index contributed by atoms with van der Waals surface area (Å²) >= 11 is 3.33. The van der Waals surface area contributed by atoms with Gasteiger partial charge in [-0.1, -0.05) is 6.07 Å². The lowest BCUT2D eigenvalue weighted by Crippen LogP contribution is -2.38. The van der Waals surface area contributed by atoms with Gasteiger partial charge in [-0.15, -0.1) is 0 Å². The molecule has 136 valence electrons. The summed E-state index contributed by atoms with van der Waals surface area (Å²) in [6.07, 6.45) is 1.72. The Morgan fingerprint density at radius 2 is 2.19 bits per heavy atom. The first-order valence-electron chi connectivity index (χ1n) is 8.15. The Morgan fingerprint density at radius 3 is 2.88 bits per heavy atom. The van der Waals surface area contributed by atoms with Crippen molar-refractivity contribution in [2.24, 2.45) is 10.7 Å². The van der Waals surface area contributed by atoms with Crippen molar-refractivity contribution in [3.8, 4) is 0 Å². The molecule has 0 aliphatic carbocycles. The molecule has 1 aromatic heterocycles. The van der Waals surface area contributed by atoms with Crippen LogP contribution in [-0.4, -0.2) is 29.8 Å². The summed E-state index contributed by atoms with van der Waals surface area (Å²) in [5.41, 5.74) is 7.11. The first-order chi connectivity index (χ1) is 12.3. The Labute approximate surface area is 159 Å². The van der Waals surface area contributed by atoms with E-state index in [0.29, 0.717) is 22.7 Å². The molecule has 1 unspecified atom stereocenters. The SMILES string of the molecule is Cc1cc(Br)cnc1C(=O)Cc1ccc(F)c(C2(C)COCC(N)=N2)c1. The van der Waals surface area contributed by atoms with Gasteiger partial charge in [0.25, 0.3) is 0 Å². The van der Waals surface area contributed by atoms with Gasteiger partial charge in [0.2, 0.25) is 0 Å². The fraction of sp³-hybridized carbons (Fsp3) is 0.316. The van der Waals surface area contributed by atoms with Crippen molar-refractivity contribution in [1.29, 1.82) is 0 Å². The number of amidine groups is 1. The topological polar surface area (TPSA) is 77.6 Å². The van der Waals surface area contributed by atoms with Crippen molar-refractivity contribution in [2.75, 3.05) is 13.2 Å². The van der Waals surface area contributed by atoms with Gasteiger partial charge in [-0.05, 0) is 59.1 Å². The van der Waals surface area contributed by atoms with E-state index in [2.05, 4.69) is 25.9 Å². The molecule has 2 N–H and O–H groups in total. The monoisotopic (exact) mass is 419 g/mol. The Bertz CT molecular complexity index is 900. The van der Waals surface area contributed by atoms with E-state index < -0.39 is 11.4 Å². The molecule has 7 heteroatoms. The van der Waals surface area contributed by atoms with E-state index in [4.69, 9.17) is 10.5 Å². The van der Waals surface area contributed by atoms with Crippen LogP contribution in [0.25, 0.3) is 0 Å². The minimum atomic E-state index is -0.906. The average molecular weight is 420 g/mol. The number of Topliss-reactive ketones (excluding diaryl/α,β-unsaturated/α-hetero) is 1. The van der Waals surface area contributed by atoms with Crippen LogP contribution in [0, 0.1) is 12.7 Å². The van der Waals surface area contributed by atoms with Gasteiger partial charge in [0.05, 0.1) is 6.61 Å². The molecule has 0 amide bonds. The zero-order valence-electron chi connectivity index (χ0n) is 14.6. The standard InChI is InChI=1S/C19H19BrFN3O2/c1-11-5-13(20)8-23-18(11)16(25)7-12-3-4-15(21)14(6-12)19(2)10-26-9-17(22)24-19/h3-6,8H,7,9-10H2,1-2H3,(H2,22,24). The number of aryl methyl sites for hydroxylation is 1. The number of rotatable bonds is 4. The number of hydrogen-bond acceptors (Lipinski definition) is 5. The molecule has 2 heterocycles. The Balaban J connectivity index is 1.90. The van der Waals surface area contributed by atoms with Crippen LogP contribution in [0.4, 0.5) is 4.39 Å². The maximum absolute atomic E-state index is 14.4. The van der Waals surface area contributed by atoms with Gasteiger partial charge in [0.1, 0.15) is 29.5 Å². The zero-order valence-corrected chi connectivity index (χ0v) is 16.1. The number of pyridine rings is 1. The number of carbonyl (C=O) groups excluding carboxylic acids is 1. The summed E-state index contributed by atoms with van der Waals surface area (Å²) in [6.45, 7) is 4.07. The van der Waals surface area contributed by atoms with Crippen molar-refractivity contribution in [3.63, 3.8) is 0 Å². The summed E-state index contributed by atoms with van der Waals surface area (Å²) in [4.78, 5) is 21.2. The molecule has 1 aliphatic rings. The molecule has 26 heavy (non-hydrogen) atoms. The molecule has 0 saturated carbocycles. The number of nitrogens with zero attached hydrogens (tertiary/aromatic N) is 2. The predicted octanol–water partition coefficient (Wildman–Crippen LogP) is 3.32. The van der Waals surface area contributed by atoms with Crippen molar-refractivity contribution in [1.82, 2.24) is 4.98 Å². The summed E-state index contributed by atoms with van der Waals surface area (Å²) in [7, 11) is 0. The normalized spacial score (nSPS) is 19.9. The third-order valence-corrected chi connectivity index (χ3v) is 4.74. The second kappa shape index (κ2) is 7.25. The van der Waals surface area contributed by atoms with Crippen LogP contribution in [-0.2, 0) is 16.7 Å². The molecule has 0 bridgehead atoms. The van der Waals surface area contributed by atoms with E-state index in [1.165, 1.54) is 6.07 Å². The quantitative estimate of drug-likeness (QED) is 0.770. The summed E-state index contributed by atoms with van der Waals surface area (Å²) < 4.78 is 20.7. The third kappa shape index (κ3) is 3.83. The van der Waals surface area contributed by atoms with E-state index in [1.807, 2.05) is 13.0 Å². The smallest absolute Gasteiger partial charge is 0.185 e. The predicted molar refractivity (Wildman–Crippen MR) is 101 cm³/mol. The number of carbonyl (C=O) groups is 1. The van der Waals surface area contributed by atoms with Gasteiger partial charge in [0, 0.05) is 22.7 Å². The molecular weight excluding hydrogens is 401 g/mol. The molecule has 2 aromatic rings. The van der Waals surface area contributed by atoms with Crippen LogP contribution >= 0.6 is 15.9 Å². The minimum Gasteiger partial charge on any atom is -0.386 e. The van der Waals surface area contributed by atoms with Crippen LogP contribution in [0.5, 0.6) is 0 Å². The number of hydrogen-bond donors (Lipinski definition) is 1. The number of ether oxygens (including phenoxy) is 1. The molecule has 5 nitrogen and oxygen atoms in total. The summed E-state index contributed by atoms with van der Waals surface area (Å²) in [6, 6.07) is 6.46. The molecule has 1 atom stereocenters. The third-order valence-electron chi connectivity index (χ3n) is 4.31. The highest BCUT2D eigenvalue weighted by Gasteiger charge is 2.33. The molecule has 1 aromatic carbocycles. The Hall–Kier alpha value is -2.12. The van der Waals surface area contributed by atoms with Crippen LogP contribution in [0.1, 0.15) is 34.1 Å². The van der Waals surface area contributed by atoms with Crippen molar-refractivity contribution >= 4 is 27.5 Å². The van der Waals surface area contributed by atoms with Crippen molar-refractivity contribution < 1.29 is 13.9 Å². The zero-order chi connectivity index (χ0) is 18.9. The largest absolute Gasteiger partial charge is 0.386 e. The molecule has 3 rings (SSSR count). The summed E-state index contributed by atoms with van der Waals surface area (Å²) in [5, 5.41) is 0. The number of aliphatic imine (C=N–C) groups is 1. The lowest BCUT2D eigenvalue weighted by Gasteiger charge is -2.30. The number of benzene rings is 1. The van der Waals surface area contributed by atoms with Gasteiger partial charge >= 0.3 is 0 Å². The highest BCUT2D eigenvalue weighted by Crippen LogP contribution is 2.31. The minimum absolute atomic E-state index is 0.124. The molecular formula is C19H19BrFN3O2. The van der Waals surface area contributed by atoms with Gasteiger partial charge in [-0.3, -0.25) is 14.8 Å². The fourth-order valence-corrected chi connectivity index (χ4v) is 3.52. The van der Waals surface area contributed by atoms with Crippen LogP contribution in [0.2, 0.25) is 0 Å². The Morgan fingerprint density at radius 1 is 1.42 bits per heavy atom. The molecule has 1 aliphatic heterocycles. The van der Waals surface area contributed by atoms with Gasteiger partial charge in [-0.2, -0.15) is 0 Å². The van der Waals surface area contributed by atoms with Gasteiger partial charge in [-0.25, -0.2) is 4.39 Å².